The minimum Gasteiger partial charge on any atom is -0.445 e. The van der Waals surface area contributed by atoms with Gasteiger partial charge in [-0.25, -0.2) is 4.79 Å². The third-order valence-corrected chi connectivity index (χ3v) is 5.52. The summed E-state index contributed by atoms with van der Waals surface area (Å²) < 4.78 is 16.7. The van der Waals surface area contributed by atoms with E-state index in [1.165, 1.54) is 0 Å². The molecule has 0 aromatic heterocycles. The summed E-state index contributed by atoms with van der Waals surface area (Å²) in [5.41, 5.74) is 0.933. The summed E-state index contributed by atoms with van der Waals surface area (Å²) in [6, 6.07) is 9.06. The number of benzene rings is 1. The molecule has 0 N–H and O–H groups in total. The Labute approximate surface area is 159 Å². The molecule has 7 heteroatoms. The Kier molecular flexibility index (Phi) is 5.59. The van der Waals surface area contributed by atoms with Gasteiger partial charge in [-0.15, -0.1) is 0 Å². The third kappa shape index (κ3) is 3.94. The Balaban J connectivity index is 1.38. The fraction of sp³-hybridized carbons (Fsp3) is 0.600. The maximum atomic E-state index is 13.2. The zero-order chi connectivity index (χ0) is 18.6. The molecule has 3 aliphatic heterocycles. The average molecular weight is 374 g/mol. The molecule has 3 heterocycles. The lowest BCUT2D eigenvalue weighted by molar-refractivity contribution is -0.146. The number of amides is 2. The summed E-state index contributed by atoms with van der Waals surface area (Å²) in [5.74, 6) is -0.00855. The van der Waals surface area contributed by atoms with Crippen molar-refractivity contribution in [2.75, 3.05) is 26.3 Å². The number of nitrogens with zero attached hydrogens (tertiary/aromatic N) is 2. The molecule has 3 fully saturated rings. The zero-order valence-electron chi connectivity index (χ0n) is 15.4. The lowest BCUT2D eigenvalue weighted by atomic mass is 10.1. The highest BCUT2D eigenvalue weighted by atomic mass is 16.7. The second kappa shape index (κ2) is 8.27. The van der Waals surface area contributed by atoms with Gasteiger partial charge in [0, 0.05) is 13.1 Å². The molecule has 3 saturated heterocycles. The van der Waals surface area contributed by atoms with Gasteiger partial charge in [0.1, 0.15) is 12.6 Å². The van der Waals surface area contributed by atoms with Gasteiger partial charge >= 0.3 is 6.09 Å². The van der Waals surface area contributed by atoms with Gasteiger partial charge in [0.05, 0.1) is 19.3 Å². The molecule has 7 nitrogen and oxygen atoms in total. The minimum absolute atomic E-state index is 0.00855. The van der Waals surface area contributed by atoms with Crippen LogP contribution in [0.4, 0.5) is 4.79 Å². The molecule has 2 atom stereocenters. The highest BCUT2D eigenvalue weighted by Gasteiger charge is 2.44. The maximum Gasteiger partial charge on any atom is 0.410 e. The van der Waals surface area contributed by atoms with Gasteiger partial charge in [0.2, 0.25) is 5.91 Å². The van der Waals surface area contributed by atoms with Crippen LogP contribution in [0.25, 0.3) is 0 Å². The summed E-state index contributed by atoms with van der Waals surface area (Å²) in [4.78, 5) is 29.2. The predicted molar refractivity (Wildman–Crippen MR) is 96.8 cm³/mol. The predicted octanol–water partition coefficient (Wildman–Crippen LogP) is 2.15. The quantitative estimate of drug-likeness (QED) is 0.808. The van der Waals surface area contributed by atoms with E-state index < -0.39 is 12.1 Å². The first-order valence-electron chi connectivity index (χ1n) is 9.75. The Bertz CT molecular complexity index is 662. The third-order valence-electron chi connectivity index (χ3n) is 5.52. The number of carbonyl (C=O) groups excluding carboxylic acids is 2. The molecule has 0 saturated carbocycles. The first-order valence-corrected chi connectivity index (χ1v) is 9.75. The molecular formula is C20H26N2O5. The molecule has 146 valence electrons. The van der Waals surface area contributed by atoms with Crippen molar-refractivity contribution < 1.29 is 23.8 Å². The molecule has 4 rings (SSSR count). The van der Waals surface area contributed by atoms with Crippen molar-refractivity contribution >= 4 is 12.0 Å². The van der Waals surface area contributed by atoms with Gasteiger partial charge in [-0.2, -0.15) is 0 Å². The zero-order valence-corrected chi connectivity index (χ0v) is 15.4. The molecule has 3 aliphatic rings. The van der Waals surface area contributed by atoms with Crippen molar-refractivity contribution in [2.45, 2.75) is 50.7 Å². The van der Waals surface area contributed by atoms with E-state index in [1.54, 1.807) is 4.90 Å². The lowest BCUT2D eigenvalue weighted by Crippen LogP contribution is -2.52. The van der Waals surface area contributed by atoms with E-state index in [0.29, 0.717) is 32.7 Å². The van der Waals surface area contributed by atoms with Crippen LogP contribution in [-0.4, -0.2) is 66.5 Å². The SMILES string of the molecule is O=C([C@@H]1CCCN1C(=O)OCc1ccccc1)N1CCCC1C1OCCO1. The van der Waals surface area contributed by atoms with Gasteiger partial charge in [0.25, 0.3) is 0 Å². The van der Waals surface area contributed by atoms with Crippen LogP contribution in [0.1, 0.15) is 31.2 Å². The maximum absolute atomic E-state index is 13.2. The molecule has 2 amide bonds. The van der Waals surface area contributed by atoms with E-state index in [2.05, 4.69) is 0 Å². The summed E-state index contributed by atoms with van der Waals surface area (Å²) in [6.45, 7) is 2.61. The molecule has 1 unspecified atom stereocenters. The molecule has 0 bridgehead atoms. The van der Waals surface area contributed by atoms with Crippen LogP contribution in [0.3, 0.4) is 0 Å². The van der Waals surface area contributed by atoms with Gasteiger partial charge in [-0.1, -0.05) is 30.3 Å². The van der Waals surface area contributed by atoms with E-state index in [9.17, 15) is 9.59 Å². The van der Waals surface area contributed by atoms with Crippen molar-refractivity contribution in [1.82, 2.24) is 9.80 Å². The number of likely N-dealkylation sites (tertiary alicyclic amines) is 2. The van der Waals surface area contributed by atoms with Gasteiger partial charge < -0.3 is 19.1 Å². The first-order chi connectivity index (χ1) is 13.2. The van der Waals surface area contributed by atoms with E-state index in [-0.39, 0.29) is 24.8 Å². The number of rotatable bonds is 4. The monoisotopic (exact) mass is 374 g/mol. The molecule has 0 spiro atoms. The van der Waals surface area contributed by atoms with Crippen LogP contribution in [0.5, 0.6) is 0 Å². The van der Waals surface area contributed by atoms with Crippen LogP contribution in [-0.2, 0) is 25.6 Å². The largest absolute Gasteiger partial charge is 0.445 e. The van der Waals surface area contributed by atoms with Crippen LogP contribution >= 0.6 is 0 Å². The molecule has 1 aromatic carbocycles. The van der Waals surface area contributed by atoms with E-state index in [0.717, 1.165) is 24.8 Å². The summed E-state index contributed by atoms with van der Waals surface area (Å²) in [7, 11) is 0. The fourth-order valence-electron chi connectivity index (χ4n) is 4.18. The van der Waals surface area contributed by atoms with Gasteiger partial charge in [0.15, 0.2) is 6.29 Å². The van der Waals surface area contributed by atoms with E-state index in [4.69, 9.17) is 14.2 Å². The van der Waals surface area contributed by atoms with Crippen LogP contribution in [0.15, 0.2) is 30.3 Å². The van der Waals surface area contributed by atoms with Gasteiger partial charge in [-0.3, -0.25) is 9.69 Å². The number of ether oxygens (including phenoxy) is 3. The van der Waals surface area contributed by atoms with Crippen LogP contribution < -0.4 is 0 Å². The van der Waals surface area contributed by atoms with Crippen LogP contribution in [0.2, 0.25) is 0 Å². The Morgan fingerprint density at radius 2 is 1.70 bits per heavy atom. The van der Waals surface area contributed by atoms with Crippen molar-refractivity contribution in [1.29, 1.82) is 0 Å². The van der Waals surface area contributed by atoms with Crippen molar-refractivity contribution in [2.24, 2.45) is 0 Å². The standard InChI is InChI=1S/C20H26N2O5/c23-18(21-10-5-9-17(21)19-25-12-13-26-19)16-8-4-11-22(16)20(24)27-14-15-6-2-1-3-7-15/h1-3,6-7,16-17,19H,4-5,8-14H2/t16-,17?/m0/s1. The second-order valence-corrected chi connectivity index (χ2v) is 7.24. The van der Waals surface area contributed by atoms with Crippen molar-refractivity contribution in [3.05, 3.63) is 35.9 Å². The first kappa shape index (κ1) is 18.3. The fourth-order valence-corrected chi connectivity index (χ4v) is 4.18. The Hall–Kier alpha value is -2.12. The lowest BCUT2D eigenvalue weighted by Gasteiger charge is -2.32. The normalized spacial score (nSPS) is 25.9. The molecular weight excluding hydrogens is 348 g/mol. The highest BCUT2D eigenvalue weighted by Crippen LogP contribution is 2.29. The van der Waals surface area contributed by atoms with Crippen LogP contribution in [0, 0.1) is 0 Å². The summed E-state index contributed by atoms with van der Waals surface area (Å²) in [6.07, 6.45) is 2.54. The second-order valence-electron chi connectivity index (χ2n) is 7.24. The van der Waals surface area contributed by atoms with E-state index in [1.807, 2.05) is 35.2 Å². The molecule has 0 radical (unpaired) electrons. The number of carbonyl (C=O) groups is 2. The number of hydrogen-bond acceptors (Lipinski definition) is 5. The molecule has 0 aliphatic carbocycles. The molecule has 1 aromatic rings. The number of hydrogen-bond donors (Lipinski definition) is 0. The summed E-state index contributed by atoms with van der Waals surface area (Å²) in [5, 5.41) is 0. The van der Waals surface area contributed by atoms with Gasteiger partial charge in [-0.05, 0) is 31.2 Å². The molecule has 27 heavy (non-hydrogen) atoms. The minimum atomic E-state index is -0.449. The Morgan fingerprint density at radius 1 is 1.00 bits per heavy atom. The smallest absolute Gasteiger partial charge is 0.410 e. The van der Waals surface area contributed by atoms with E-state index >= 15 is 0 Å². The topological polar surface area (TPSA) is 68.3 Å². The Morgan fingerprint density at radius 3 is 2.48 bits per heavy atom. The summed E-state index contributed by atoms with van der Waals surface area (Å²) >= 11 is 0. The van der Waals surface area contributed by atoms with Crippen molar-refractivity contribution in [3.8, 4) is 0 Å². The van der Waals surface area contributed by atoms with Crippen molar-refractivity contribution in [3.63, 3.8) is 0 Å². The average Bonchev–Trinajstić information content (AvgIpc) is 3.46. The highest BCUT2D eigenvalue weighted by molar-refractivity contribution is 5.86.